The zero-order valence-electron chi connectivity index (χ0n) is 16.4. The summed E-state index contributed by atoms with van der Waals surface area (Å²) >= 11 is 1.01. The number of hydrogen-bond donors (Lipinski definition) is 2. The van der Waals surface area contributed by atoms with E-state index in [1.165, 1.54) is 6.07 Å². The maximum Gasteiger partial charge on any atom is 0.311 e. The molecule has 0 radical (unpaired) electrons. The van der Waals surface area contributed by atoms with Crippen molar-refractivity contribution < 1.29 is 14.5 Å². The molecule has 4 rings (SSSR count). The van der Waals surface area contributed by atoms with Crippen molar-refractivity contribution in [1.82, 2.24) is 15.1 Å². The maximum absolute atomic E-state index is 12.1. The second kappa shape index (κ2) is 8.44. The lowest BCUT2D eigenvalue weighted by atomic mass is 10.1. The highest BCUT2D eigenvalue weighted by atomic mass is 32.2. The van der Waals surface area contributed by atoms with Gasteiger partial charge in [0.05, 0.1) is 22.1 Å². The molecule has 0 atom stereocenters. The monoisotopic (exact) mass is 435 g/mol. The molecule has 1 aliphatic heterocycles. The number of carbonyl (C=O) groups is 1. The largest absolute Gasteiger partial charge is 0.487 e. The van der Waals surface area contributed by atoms with E-state index < -0.39 is 4.92 Å². The summed E-state index contributed by atoms with van der Waals surface area (Å²) in [4.78, 5) is 23.5. The molecular formula is C21H17N5O4S. The van der Waals surface area contributed by atoms with Crippen LogP contribution in [0.5, 0.6) is 5.75 Å². The number of nitro benzene ring substituents is 1. The van der Waals surface area contributed by atoms with Gasteiger partial charge in [-0.25, -0.2) is 4.68 Å². The molecule has 0 aliphatic carbocycles. The molecule has 1 fully saturated rings. The van der Waals surface area contributed by atoms with Crippen molar-refractivity contribution in [1.29, 1.82) is 5.41 Å². The highest BCUT2D eigenvalue weighted by molar-refractivity contribution is 8.18. The van der Waals surface area contributed by atoms with E-state index in [-0.39, 0.29) is 22.5 Å². The lowest BCUT2D eigenvalue weighted by Gasteiger charge is -2.06. The van der Waals surface area contributed by atoms with Gasteiger partial charge in [0.15, 0.2) is 10.9 Å². The zero-order valence-corrected chi connectivity index (χ0v) is 17.2. The van der Waals surface area contributed by atoms with Crippen LogP contribution in [0.4, 0.5) is 5.69 Å². The summed E-state index contributed by atoms with van der Waals surface area (Å²) in [6.07, 6.45) is 3.38. The highest BCUT2D eigenvalue weighted by Crippen LogP contribution is 2.35. The molecule has 0 unspecified atom stereocenters. The second-order valence-electron chi connectivity index (χ2n) is 6.48. The van der Waals surface area contributed by atoms with Gasteiger partial charge < -0.3 is 10.1 Å². The van der Waals surface area contributed by atoms with Crippen LogP contribution in [0.15, 0.2) is 59.6 Å². The van der Waals surface area contributed by atoms with Crippen LogP contribution in [0.3, 0.4) is 0 Å². The normalized spacial score (nSPS) is 14.7. The molecule has 3 aromatic rings. The first-order chi connectivity index (χ1) is 15.0. The van der Waals surface area contributed by atoms with Crippen molar-refractivity contribution in [3.8, 4) is 22.7 Å². The Morgan fingerprint density at radius 3 is 2.71 bits per heavy atom. The van der Waals surface area contributed by atoms with Crippen LogP contribution >= 0.6 is 11.8 Å². The Bertz CT molecular complexity index is 1220. The molecule has 9 nitrogen and oxygen atoms in total. The molecule has 10 heteroatoms. The summed E-state index contributed by atoms with van der Waals surface area (Å²) in [5.41, 5.74) is 2.20. The van der Waals surface area contributed by atoms with E-state index in [0.29, 0.717) is 28.3 Å². The van der Waals surface area contributed by atoms with Crippen LogP contribution in [0.25, 0.3) is 23.0 Å². The topological polar surface area (TPSA) is 123 Å². The minimum Gasteiger partial charge on any atom is -0.487 e. The van der Waals surface area contributed by atoms with Crippen molar-refractivity contribution in [3.05, 3.63) is 75.3 Å². The third-order valence-corrected chi connectivity index (χ3v) is 5.27. The van der Waals surface area contributed by atoms with E-state index in [4.69, 9.17) is 10.1 Å². The van der Waals surface area contributed by atoms with E-state index in [0.717, 1.165) is 17.4 Å². The molecule has 2 N–H and O–H groups in total. The number of carbonyl (C=O) groups excluding carboxylic acids is 1. The molecule has 1 saturated heterocycles. The summed E-state index contributed by atoms with van der Waals surface area (Å²) in [6.45, 7) is 2.06. The molecule has 1 amide bonds. The predicted octanol–water partition coefficient (Wildman–Crippen LogP) is 3.98. The first kappa shape index (κ1) is 20.4. The Hall–Kier alpha value is -3.92. The zero-order chi connectivity index (χ0) is 22.0. The molecule has 2 aromatic carbocycles. The van der Waals surface area contributed by atoms with Gasteiger partial charge >= 0.3 is 5.69 Å². The summed E-state index contributed by atoms with van der Waals surface area (Å²) < 4.78 is 7.01. The van der Waals surface area contributed by atoms with Crippen LogP contribution in [-0.4, -0.2) is 32.4 Å². The molecule has 2 heterocycles. The number of nitro groups is 1. The Morgan fingerprint density at radius 2 is 2.06 bits per heavy atom. The Kier molecular flexibility index (Phi) is 5.54. The number of rotatable bonds is 6. The average Bonchev–Trinajstić information content (AvgIpc) is 3.32. The highest BCUT2D eigenvalue weighted by Gasteiger charge is 2.24. The minimum absolute atomic E-state index is 0.0463. The van der Waals surface area contributed by atoms with Gasteiger partial charge in [-0.1, -0.05) is 18.2 Å². The van der Waals surface area contributed by atoms with Crippen molar-refractivity contribution in [3.63, 3.8) is 0 Å². The van der Waals surface area contributed by atoms with Crippen LogP contribution in [0.1, 0.15) is 12.5 Å². The van der Waals surface area contributed by atoms with Gasteiger partial charge in [0.2, 0.25) is 0 Å². The number of para-hydroxylation sites is 1. The van der Waals surface area contributed by atoms with E-state index in [2.05, 4.69) is 10.4 Å². The third kappa shape index (κ3) is 4.19. The van der Waals surface area contributed by atoms with Crippen molar-refractivity contribution in [2.45, 2.75) is 6.92 Å². The van der Waals surface area contributed by atoms with Gasteiger partial charge in [-0.05, 0) is 49.0 Å². The lowest BCUT2D eigenvalue weighted by Crippen LogP contribution is -2.18. The third-order valence-electron chi connectivity index (χ3n) is 4.44. The van der Waals surface area contributed by atoms with Crippen LogP contribution < -0.4 is 10.1 Å². The van der Waals surface area contributed by atoms with Gasteiger partial charge in [0.25, 0.3) is 5.91 Å². The molecule has 0 saturated carbocycles. The van der Waals surface area contributed by atoms with Gasteiger partial charge in [-0.3, -0.25) is 20.3 Å². The predicted molar refractivity (Wildman–Crippen MR) is 118 cm³/mol. The van der Waals surface area contributed by atoms with Gasteiger partial charge in [-0.2, -0.15) is 5.10 Å². The number of amides is 1. The number of nitrogens with zero attached hydrogens (tertiary/aromatic N) is 3. The SMILES string of the molecule is CCOc1ccc(-c2nn(-c3ccccc3)cc2C=C2SC(=N)NC2=O)cc1[N+](=O)[O-]. The number of hydrogen-bond acceptors (Lipinski definition) is 7. The maximum atomic E-state index is 12.1. The minimum atomic E-state index is -0.498. The quantitative estimate of drug-likeness (QED) is 0.343. The molecule has 31 heavy (non-hydrogen) atoms. The number of benzene rings is 2. The van der Waals surface area contributed by atoms with Crippen LogP contribution in [-0.2, 0) is 4.79 Å². The van der Waals surface area contributed by atoms with Gasteiger partial charge in [-0.15, -0.1) is 0 Å². The van der Waals surface area contributed by atoms with E-state index in [1.807, 2.05) is 30.3 Å². The number of aromatic nitrogens is 2. The number of thioether (sulfide) groups is 1. The Morgan fingerprint density at radius 1 is 1.29 bits per heavy atom. The van der Waals surface area contributed by atoms with Gasteiger partial charge in [0, 0.05) is 23.4 Å². The second-order valence-corrected chi connectivity index (χ2v) is 7.53. The van der Waals surface area contributed by atoms with Crippen molar-refractivity contribution in [2.75, 3.05) is 6.61 Å². The van der Waals surface area contributed by atoms with Crippen LogP contribution in [0.2, 0.25) is 0 Å². The molecule has 156 valence electrons. The molecule has 1 aliphatic rings. The Labute approximate surface area is 181 Å². The van der Waals surface area contributed by atoms with E-state index in [9.17, 15) is 14.9 Å². The smallest absolute Gasteiger partial charge is 0.311 e. The fourth-order valence-corrected chi connectivity index (χ4v) is 3.79. The fourth-order valence-electron chi connectivity index (χ4n) is 3.10. The summed E-state index contributed by atoms with van der Waals surface area (Å²) in [6, 6.07) is 14.0. The van der Waals surface area contributed by atoms with Gasteiger partial charge in [0.1, 0.15) is 5.69 Å². The fraction of sp³-hybridized carbons (Fsp3) is 0.0952. The first-order valence-electron chi connectivity index (χ1n) is 9.32. The molecule has 0 bridgehead atoms. The van der Waals surface area contributed by atoms with Crippen molar-refractivity contribution >= 4 is 34.6 Å². The lowest BCUT2D eigenvalue weighted by molar-refractivity contribution is -0.385. The van der Waals surface area contributed by atoms with E-state index in [1.54, 1.807) is 36.0 Å². The molecular weight excluding hydrogens is 418 g/mol. The average molecular weight is 435 g/mol. The van der Waals surface area contributed by atoms with Crippen LogP contribution in [0, 0.1) is 15.5 Å². The summed E-state index contributed by atoms with van der Waals surface area (Å²) in [5, 5.41) is 26.3. The summed E-state index contributed by atoms with van der Waals surface area (Å²) in [7, 11) is 0. The summed E-state index contributed by atoms with van der Waals surface area (Å²) in [5.74, 6) is -0.191. The number of ether oxygens (including phenoxy) is 1. The van der Waals surface area contributed by atoms with Crippen molar-refractivity contribution in [2.24, 2.45) is 0 Å². The number of amidine groups is 1. The Balaban J connectivity index is 1.86. The molecule has 1 aromatic heterocycles. The molecule has 0 spiro atoms. The van der Waals surface area contributed by atoms with E-state index >= 15 is 0 Å². The number of nitrogens with one attached hydrogen (secondary N) is 2. The standard InChI is InChI=1S/C21H17N5O4S/c1-2-30-17-9-8-13(10-16(17)26(28)29)19-14(11-18-20(27)23-21(22)31-18)12-25(24-19)15-6-4-3-5-7-15/h3-12H,2H2,1H3,(H2,22,23,27). The first-order valence-corrected chi connectivity index (χ1v) is 10.1.